The molecule has 2 fully saturated rings. The molecule has 1 amide bonds. The number of carbonyl (C=O) groups is 1. The molecular formula is C13H20N4OS. The van der Waals surface area contributed by atoms with Gasteiger partial charge in [0.25, 0.3) is 5.91 Å². The summed E-state index contributed by atoms with van der Waals surface area (Å²) in [6.07, 6.45) is 1.10. The van der Waals surface area contributed by atoms with E-state index in [1.54, 1.807) is 0 Å². The first-order chi connectivity index (χ1) is 9.09. The van der Waals surface area contributed by atoms with E-state index in [1.165, 1.54) is 11.5 Å². The number of hydrogen-bond acceptors (Lipinski definition) is 5. The van der Waals surface area contributed by atoms with Crippen molar-refractivity contribution in [1.29, 1.82) is 0 Å². The highest BCUT2D eigenvalue weighted by molar-refractivity contribution is 7.08. The third-order valence-corrected chi connectivity index (χ3v) is 5.00. The van der Waals surface area contributed by atoms with Gasteiger partial charge in [0.2, 0.25) is 0 Å². The molecule has 3 heterocycles. The summed E-state index contributed by atoms with van der Waals surface area (Å²) in [7, 11) is 0. The topological polar surface area (TPSA) is 58.1 Å². The molecular weight excluding hydrogens is 260 g/mol. The largest absolute Gasteiger partial charge is 0.331 e. The van der Waals surface area contributed by atoms with E-state index in [1.807, 2.05) is 0 Å². The van der Waals surface area contributed by atoms with Crippen LogP contribution in [0.25, 0.3) is 0 Å². The van der Waals surface area contributed by atoms with Gasteiger partial charge in [-0.25, -0.2) is 0 Å². The standard InChI is InChI=1S/C13H20N4OS/c1-7(2)11-12(19-16-15-11)13(18)17-8(3)4-9-5-14-6-10(9)17/h7-10,14H,4-6H2,1-3H3. The number of nitrogens with one attached hydrogen (secondary N) is 1. The van der Waals surface area contributed by atoms with Crippen molar-refractivity contribution < 1.29 is 4.79 Å². The Morgan fingerprint density at radius 3 is 3.00 bits per heavy atom. The van der Waals surface area contributed by atoms with Crippen molar-refractivity contribution in [2.75, 3.05) is 13.1 Å². The van der Waals surface area contributed by atoms with Gasteiger partial charge in [0.05, 0.1) is 5.69 Å². The van der Waals surface area contributed by atoms with Crippen LogP contribution in [0.1, 0.15) is 48.5 Å². The van der Waals surface area contributed by atoms with Crippen LogP contribution in [0.2, 0.25) is 0 Å². The van der Waals surface area contributed by atoms with Gasteiger partial charge in [0.1, 0.15) is 4.88 Å². The molecule has 1 N–H and O–H groups in total. The molecule has 2 aliphatic heterocycles. The first kappa shape index (κ1) is 13.0. The van der Waals surface area contributed by atoms with E-state index in [4.69, 9.17) is 0 Å². The molecule has 3 atom stereocenters. The molecule has 0 radical (unpaired) electrons. The van der Waals surface area contributed by atoms with Crippen LogP contribution in [-0.4, -0.2) is 45.6 Å². The summed E-state index contributed by atoms with van der Waals surface area (Å²) < 4.78 is 3.97. The predicted octanol–water partition coefficient (Wildman–Crippen LogP) is 1.48. The molecule has 0 spiro atoms. The molecule has 1 aromatic rings. The second-order valence-electron chi connectivity index (χ2n) is 5.92. The number of likely N-dealkylation sites (tertiary alicyclic amines) is 1. The molecule has 3 rings (SSSR count). The van der Waals surface area contributed by atoms with E-state index in [-0.39, 0.29) is 11.8 Å². The van der Waals surface area contributed by atoms with Crippen LogP contribution in [0.15, 0.2) is 0 Å². The highest BCUT2D eigenvalue weighted by atomic mass is 32.1. The molecule has 0 aliphatic carbocycles. The Kier molecular flexibility index (Phi) is 3.30. The molecule has 3 unspecified atom stereocenters. The Labute approximate surface area is 117 Å². The molecule has 5 nitrogen and oxygen atoms in total. The zero-order chi connectivity index (χ0) is 13.6. The van der Waals surface area contributed by atoms with Gasteiger partial charge in [0.15, 0.2) is 0 Å². The van der Waals surface area contributed by atoms with Crippen molar-refractivity contribution in [3.63, 3.8) is 0 Å². The van der Waals surface area contributed by atoms with Crippen LogP contribution < -0.4 is 5.32 Å². The molecule has 2 aliphatic rings. The number of aromatic nitrogens is 2. The monoisotopic (exact) mass is 280 g/mol. The summed E-state index contributed by atoms with van der Waals surface area (Å²) in [6.45, 7) is 8.22. The summed E-state index contributed by atoms with van der Waals surface area (Å²) >= 11 is 1.24. The minimum Gasteiger partial charge on any atom is -0.331 e. The van der Waals surface area contributed by atoms with E-state index in [0.29, 0.717) is 18.0 Å². The van der Waals surface area contributed by atoms with Crippen molar-refractivity contribution in [3.05, 3.63) is 10.6 Å². The lowest BCUT2D eigenvalue weighted by Crippen LogP contribution is -2.42. The number of carbonyl (C=O) groups excluding carboxylic acids is 1. The summed E-state index contributed by atoms with van der Waals surface area (Å²) in [5.74, 6) is 0.984. The summed E-state index contributed by atoms with van der Waals surface area (Å²) in [5.41, 5.74) is 0.844. The quantitative estimate of drug-likeness (QED) is 0.891. The number of amides is 1. The van der Waals surface area contributed by atoms with Crippen molar-refractivity contribution in [1.82, 2.24) is 19.8 Å². The van der Waals surface area contributed by atoms with E-state index >= 15 is 0 Å². The van der Waals surface area contributed by atoms with Crippen molar-refractivity contribution in [2.24, 2.45) is 5.92 Å². The fourth-order valence-corrected chi connectivity index (χ4v) is 4.12. The Morgan fingerprint density at radius 2 is 2.26 bits per heavy atom. The molecule has 0 bridgehead atoms. The van der Waals surface area contributed by atoms with Gasteiger partial charge >= 0.3 is 0 Å². The minimum absolute atomic E-state index is 0.127. The van der Waals surface area contributed by atoms with Gasteiger partial charge < -0.3 is 10.2 Å². The molecule has 0 saturated carbocycles. The van der Waals surface area contributed by atoms with Crippen LogP contribution in [0, 0.1) is 5.92 Å². The van der Waals surface area contributed by atoms with E-state index in [0.717, 1.165) is 30.1 Å². The third kappa shape index (κ3) is 2.07. The summed E-state index contributed by atoms with van der Waals surface area (Å²) in [6, 6.07) is 0.677. The Balaban J connectivity index is 1.89. The Bertz CT molecular complexity index is 487. The smallest absolute Gasteiger partial charge is 0.268 e. The number of rotatable bonds is 2. The van der Waals surface area contributed by atoms with Crippen molar-refractivity contribution >= 4 is 17.4 Å². The van der Waals surface area contributed by atoms with Gasteiger partial charge in [-0.2, -0.15) is 0 Å². The number of fused-ring (bicyclic) bond motifs is 1. The maximum atomic E-state index is 12.8. The maximum absolute atomic E-state index is 12.8. The number of hydrogen-bond donors (Lipinski definition) is 1. The van der Waals surface area contributed by atoms with Crippen LogP contribution in [0.3, 0.4) is 0 Å². The van der Waals surface area contributed by atoms with Gasteiger partial charge in [-0.3, -0.25) is 4.79 Å². The van der Waals surface area contributed by atoms with Crippen molar-refractivity contribution in [2.45, 2.75) is 45.2 Å². The van der Waals surface area contributed by atoms with Crippen molar-refractivity contribution in [3.8, 4) is 0 Å². The zero-order valence-electron chi connectivity index (χ0n) is 11.6. The minimum atomic E-state index is 0.127. The van der Waals surface area contributed by atoms with E-state index < -0.39 is 0 Å². The average Bonchev–Trinajstić information content (AvgIpc) is 3.00. The lowest BCUT2D eigenvalue weighted by Gasteiger charge is -2.27. The SMILES string of the molecule is CC(C)c1nnsc1C(=O)N1C(C)CC2CNCC21. The van der Waals surface area contributed by atoms with Crippen LogP contribution >= 0.6 is 11.5 Å². The predicted molar refractivity (Wildman–Crippen MR) is 74.4 cm³/mol. The lowest BCUT2D eigenvalue weighted by atomic mass is 10.0. The Morgan fingerprint density at radius 1 is 1.47 bits per heavy atom. The average molecular weight is 280 g/mol. The first-order valence-electron chi connectivity index (χ1n) is 6.95. The summed E-state index contributed by atoms with van der Waals surface area (Å²) in [4.78, 5) is 15.6. The zero-order valence-corrected chi connectivity index (χ0v) is 12.4. The number of nitrogens with zero attached hydrogens (tertiary/aromatic N) is 3. The molecule has 0 aromatic carbocycles. The fraction of sp³-hybridized carbons (Fsp3) is 0.769. The van der Waals surface area contributed by atoms with E-state index in [9.17, 15) is 4.79 Å². The third-order valence-electron chi connectivity index (χ3n) is 4.27. The molecule has 19 heavy (non-hydrogen) atoms. The highest BCUT2D eigenvalue weighted by Crippen LogP contribution is 2.34. The maximum Gasteiger partial charge on any atom is 0.268 e. The van der Waals surface area contributed by atoms with Crippen LogP contribution in [0.5, 0.6) is 0 Å². The second-order valence-corrected chi connectivity index (χ2v) is 6.68. The van der Waals surface area contributed by atoms with Crippen LogP contribution in [-0.2, 0) is 0 Å². The van der Waals surface area contributed by atoms with Gasteiger partial charge in [-0.1, -0.05) is 18.3 Å². The van der Waals surface area contributed by atoms with E-state index in [2.05, 4.69) is 40.6 Å². The Hall–Kier alpha value is -1.01. The highest BCUT2D eigenvalue weighted by Gasteiger charge is 2.45. The van der Waals surface area contributed by atoms with Gasteiger partial charge in [-0.15, -0.1) is 5.10 Å². The normalized spacial score (nSPS) is 30.1. The van der Waals surface area contributed by atoms with Gasteiger partial charge in [-0.05, 0) is 36.7 Å². The molecule has 104 valence electrons. The molecule has 6 heteroatoms. The first-order valence-corrected chi connectivity index (χ1v) is 7.72. The lowest BCUT2D eigenvalue weighted by molar-refractivity contribution is 0.0685. The second kappa shape index (κ2) is 4.83. The fourth-order valence-electron chi connectivity index (χ4n) is 3.36. The van der Waals surface area contributed by atoms with Crippen LogP contribution in [0.4, 0.5) is 0 Å². The van der Waals surface area contributed by atoms with Gasteiger partial charge in [0, 0.05) is 25.2 Å². The molecule has 1 aromatic heterocycles. The molecule has 2 saturated heterocycles. The summed E-state index contributed by atoms with van der Waals surface area (Å²) in [5, 5.41) is 7.51.